The second-order valence-electron chi connectivity index (χ2n) is 3.41. The third kappa shape index (κ3) is 6.58. The van der Waals surface area contributed by atoms with E-state index in [4.69, 9.17) is 10.8 Å². The Labute approximate surface area is 102 Å². The molecule has 1 aromatic carbocycles. The van der Waals surface area contributed by atoms with Gasteiger partial charge in [0.1, 0.15) is 5.75 Å². The molecule has 0 saturated heterocycles. The molecule has 4 heteroatoms. The lowest BCUT2D eigenvalue weighted by atomic mass is 10.0. The van der Waals surface area contributed by atoms with Crippen molar-refractivity contribution in [3.63, 3.8) is 0 Å². The Morgan fingerprint density at radius 2 is 1.88 bits per heavy atom. The second-order valence-corrected chi connectivity index (χ2v) is 3.41. The predicted octanol–water partition coefficient (Wildman–Crippen LogP) is 1.85. The van der Waals surface area contributed by atoms with Gasteiger partial charge in [0, 0.05) is 6.04 Å². The van der Waals surface area contributed by atoms with Crippen molar-refractivity contribution in [2.75, 3.05) is 7.11 Å². The molecule has 17 heavy (non-hydrogen) atoms. The summed E-state index contributed by atoms with van der Waals surface area (Å²) in [6, 6.07) is 6.52. The molecule has 1 aromatic rings. The first-order valence-corrected chi connectivity index (χ1v) is 5.72. The minimum Gasteiger partial charge on any atom is -0.508 e. The third-order valence-corrected chi connectivity index (χ3v) is 2.09. The van der Waals surface area contributed by atoms with E-state index in [-0.39, 0.29) is 24.2 Å². The monoisotopic (exact) mass is 239 g/mol. The maximum absolute atomic E-state index is 10.9. The number of esters is 1. The molecule has 4 nitrogen and oxygen atoms in total. The first kappa shape index (κ1) is 15.4. The zero-order chi connectivity index (χ0) is 13.3. The maximum atomic E-state index is 10.9. The van der Waals surface area contributed by atoms with Crippen LogP contribution >= 0.6 is 0 Å². The van der Waals surface area contributed by atoms with E-state index in [1.54, 1.807) is 24.3 Å². The molecule has 0 radical (unpaired) electrons. The fraction of sp³-hybridized carbons (Fsp3) is 0.462. The van der Waals surface area contributed by atoms with Crippen LogP contribution in [0, 0.1) is 0 Å². The summed E-state index contributed by atoms with van der Waals surface area (Å²) in [6.45, 7) is 4.00. The van der Waals surface area contributed by atoms with Crippen molar-refractivity contribution < 1.29 is 14.6 Å². The average molecular weight is 239 g/mol. The van der Waals surface area contributed by atoms with Crippen LogP contribution in [0.15, 0.2) is 24.3 Å². The highest BCUT2D eigenvalue weighted by molar-refractivity contribution is 5.69. The van der Waals surface area contributed by atoms with Crippen LogP contribution in [0.25, 0.3) is 0 Å². The molecule has 0 aliphatic carbocycles. The van der Waals surface area contributed by atoms with E-state index in [0.717, 1.165) is 5.56 Å². The molecule has 0 fully saturated rings. The van der Waals surface area contributed by atoms with Crippen LogP contribution in [0.2, 0.25) is 0 Å². The summed E-state index contributed by atoms with van der Waals surface area (Å²) in [5.41, 5.74) is 6.75. The number of hydrogen-bond donors (Lipinski definition) is 2. The fourth-order valence-corrected chi connectivity index (χ4v) is 1.30. The van der Waals surface area contributed by atoms with E-state index in [1.807, 2.05) is 13.8 Å². The smallest absolute Gasteiger partial charge is 0.307 e. The van der Waals surface area contributed by atoms with Gasteiger partial charge in [-0.05, 0) is 24.1 Å². The Kier molecular flexibility index (Phi) is 7.80. The van der Waals surface area contributed by atoms with Crippen LogP contribution in [0.4, 0.5) is 0 Å². The van der Waals surface area contributed by atoms with Gasteiger partial charge in [-0.3, -0.25) is 4.79 Å². The van der Waals surface area contributed by atoms with Gasteiger partial charge in [-0.15, -0.1) is 0 Å². The number of ether oxygens (including phenoxy) is 1. The quantitative estimate of drug-likeness (QED) is 0.786. The van der Waals surface area contributed by atoms with Gasteiger partial charge >= 0.3 is 5.97 Å². The number of hydrogen-bond acceptors (Lipinski definition) is 4. The second kappa shape index (κ2) is 8.58. The van der Waals surface area contributed by atoms with Crippen LogP contribution in [0.3, 0.4) is 0 Å². The SMILES string of the molecule is CC.COC(=O)CC(N)Cc1ccc(O)cc1. The molecule has 0 bridgehead atoms. The number of nitrogens with two attached hydrogens (primary N) is 1. The van der Waals surface area contributed by atoms with Crippen LogP contribution < -0.4 is 5.73 Å². The van der Waals surface area contributed by atoms with Crippen LogP contribution in [-0.2, 0) is 16.0 Å². The van der Waals surface area contributed by atoms with Crippen LogP contribution in [-0.4, -0.2) is 24.2 Å². The Balaban J connectivity index is 0.00000121. The van der Waals surface area contributed by atoms with Gasteiger partial charge in [-0.2, -0.15) is 0 Å². The summed E-state index contributed by atoms with van der Waals surface area (Å²) in [7, 11) is 1.34. The van der Waals surface area contributed by atoms with Gasteiger partial charge < -0.3 is 15.6 Å². The van der Waals surface area contributed by atoms with Gasteiger partial charge in [0.15, 0.2) is 0 Å². The van der Waals surface area contributed by atoms with E-state index in [2.05, 4.69) is 4.74 Å². The molecule has 1 unspecified atom stereocenters. The van der Waals surface area contributed by atoms with Crippen molar-refractivity contribution in [2.45, 2.75) is 32.7 Å². The maximum Gasteiger partial charge on any atom is 0.307 e. The van der Waals surface area contributed by atoms with E-state index in [0.29, 0.717) is 6.42 Å². The highest BCUT2D eigenvalue weighted by Crippen LogP contribution is 2.11. The molecule has 0 aliphatic rings. The summed E-state index contributed by atoms with van der Waals surface area (Å²) < 4.78 is 4.52. The van der Waals surface area contributed by atoms with Gasteiger partial charge in [0.25, 0.3) is 0 Å². The van der Waals surface area contributed by atoms with Crippen molar-refractivity contribution in [2.24, 2.45) is 5.73 Å². The molecular weight excluding hydrogens is 218 g/mol. The summed E-state index contributed by atoms with van der Waals surface area (Å²) in [5, 5.41) is 9.07. The third-order valence-electron chi connectivity index (χ3n) is 2.09. The van der Waals surface area contributed by atoms with E-state index >= 15 is 0 Å². The minimum absolute atomic E-state index is 0.206. The van der Waals surface area contributed by atoms with Crippen molar-refractivity contribution in [3.05, 3.63) is 29.8 Å². The van der Waals surface area contributed by atoms with Gasteiger partial charge in [-0.25, -0.2) is 0 Å². The highest BCUT2D eigenvalue weighted by Gasteiger charge is 2.10. The highest BCUT2D eigenvalue weighted by atomic mass is 16.5. The Bertz CT molecular complexity index is 322. The van der Waals surface area contributed by atoms with Crippen molar-refractivity contribution in [1.29, 1.82) is 0 Å². The van der Waals surface area contributed by atoms with E-state index in [9.17, 15) is 4.79 Å². The standard InChI is InChI=1S/C11H15NO3.C2H6/c1-15-11(14)7-9(12)6-8-2-4-10(13)5-3-8;1-2/h2-5,9,13H,6-7,12H2,1H3;1-2H3. The summed E-state index contributed by atoms with van der Waals surface area (Å²) >= 11 is 0. The molecule has 0 saturated carbocycles. The summed E-state index contributed by atoms with van der Waals surface area (Å²) in [5.74, 6) is -0.0819. The molecule has 1 atom stereocenters. The fourth-order valence-electron chi connectivity index (χ4n) is 1.30. The number of methoxy groups -OCH3 is 1. The van der Waals surface area contributed by atoms with E-state index in [1.165, 1.54) is 7.11 Å². The number of carbonyl (C=O) groups is 1. The van der Waals surface area contributed by atoms with Gasteiger partial charge in [-0.1, -0.05) is 26.0 Å². The molecule has 0 aromatic heterocycles. The lowest BCUT2D eigenvalue weighted by Crippen LogP contribution is -2.26. The molecule has 1 rings (SSSR count). The van der Waals surface area contributed by atoms with Crippen molar-refractivity contribution >= 4 is 5.97 Å². The topological polar surface area (TPSA) is 72.5 Å². The lowest BCUT2D eigenvalue weighted by Gasteiger charge is -2.09. The molecular formula is C13H21NO3. The summed E-state index contributed by atoms with van der Waals surface area (Å²) in [6.07, 6.45) is 0.798. The molecule has 0 heterocycles. The number of aromatic hydroxyl groups is 1. The van der Waals surface area contributed by atoms with Crippen molar-refractivity contribution in [1.82, 2.24) is 0 Å². The van der Waals surface area contributed by atoms with E-state index < -0.39 is 0 Å². The zero-order valence-corrected chi connectivity index (χ0v) is 10.6. The number of benzene rings is 1. The number of rotatable bonds is 4. The number of phenolic OH excluding ortho intramolecular Hbond substituents is 1. The predicted molar refractivity (Wildman–Crippen MR) is 67.8 cm³/mol. The molecule has 0 spiro atoms. The van der Waals surface area contributed by atoms with Crippen LogP contribution in [0.1, 0.15) is 25.8 Å². The van der Waals surface area contributed by atoms with Gasteiger partial charge in [0.05, 0.1) is 13.5 Å². The Morgan fingerprint density at radius 3 is 2.35 bits per heavy atom. The molecule has 3 N–H and O–H groups in total. The first-order chi connectivity index (χ1) is 8.11. The average Bonchev–Trinajstić information content (AvgIpc) is 2.34. The lowest BCUT2D eigenvalue weighted by molar-refractivity contribution is -0.140. The van der Waals surface area contributed by atoms with Gasteiger partial charge in [0.2, 0.25) is 0 Å². The van der Waals surface area contributed by atoms with Crippen molar-refractivity contribution in [3.8, 4) is 5.75 Å². The molecule has 96 valence electrons. The number of phenols is 1. The molecule has 0 amide bonds. The normalized spacial score (nSPS) is 11.1. The minimum atomic E-state index is -0.304. The first-order valence-electron chi connectivity index (χ1n) is 5.72. The Hall–Kier alpha value is -1.55. The zero-order valence-electron chi connectivity index (χ0n) is 10.6. The molecule has 0 aliphatic heterocycles. The Morgan fingerprint density at radius 1 is 1.35 bits per heavy atom. The number of carbonyl (C=O) groups excluding carboxylic acids is 1. The largest absolute Gasteiger partial charge is 0.508 e. The van der Waals surface area contributed by atoms with Crippen LogP contribution in [0.5, 0.6) is 5.75 Å². The summed E-state index contributed by atoms with van der Waals surface area (Å²) in [4.78, 5) is 10.9.